The van der Waals surface area contributed by atoms with Gasteiger partial charge < -0.3 is 10.1 Å². The van der Waals surface area contributed by atoms with E-state index in [1.54, 1.807) is 11.0 Å². The lowest BCUT2D eigenvalue weighted by Gasteiger charge is -2.59. The summed E-state index contributed by atoms with van der Waals surface area (Å²) < 4.78 is 7.56. The second-order valence-electron chi connectivity index (χ2n) is 7.26. The Morgan fingerprint density at radius 2 is 2.29 bits per heavy atom. The molecule has 2 aromatic rings. The number of ether oxygens (including phenoxy) is 1. The van der Waals surface area contributed by atoms with Crippen molar-refractivity contribution >= 4 is 5.91 Å². The van der Waals surface area contributed by atoms with E-state index >= 15 is 0 Å². The molecule has 1 amide bonds. The van der Waals surface area contributed by atoms with E-state index in [0.29, 0.717) is 11.5 Å². The molecular weight excluding hydrogens is 304 g/mol. The molecule has 0 radical (unpaired) electrons. The minimum absolute atomic E-state index is 0.0236. The minimum atomic E-state index is -0.0425. The van der Waals surface area contributed by atoms with Crippen molar-refractivity contribution in [2.24, 2.45) is 11.3 Å². The largest absolute Gasteiger partial charge is 0.377 e. The van der Waals surface area contributed by atoms with Gasteiger partial charge in [0.2, 0.25) is 0 Å². The van der Waals surface area contributed by atoms with Gasteiger partial charge in [-0.05, 0) is 31.0 Å². The molecule has 4 rings (SSSR count). The zero-order valence-corrected chi connectivity index (χ0v) is 14.0. The number of amides is 1. The highest BCUT2D eigenvalue weighted by atomic mass is 16.5. The van der Waals surface area contributed by atoms with E-state index in [0.717, 1.165) is 25.1 Å². The van der Waals surface area contributed by atoms with Gasteiger partial charge in [-0.25, -0.2) is 9.67 Å². The van der Waals surface area contributed by atoms with Gasteiger partial charge in [0.25, 0.3) is 5.91 Å². The van der Waals surface area contributed by atoms with Gasteiger partial charge in [0.1, 0.15) is 12.7 Å². The third kappa shape index (κ3) is 2.41. The van der Waals surface area contributed by atoms with Gasteiger partial charge in [0.05, 0.1) is 11.8 Å². The fourth-order valence-corrected chi connectivity index (χ4v) is 4.17. The fourth-order valence-electron chi connectivity index (χ4n) is 4.17. The number of rotatable bonds is 3. The summed E-state index contributed by atoms with van der Waals surface area (Å²) in [7, 11) is 0. The topological polar surface area (TPSA) is 69.0 Å². The summed E-state index contributed by atoms with van der Waals surface area (Å²) in [5, 5.41) is 7.34. The Balaban J connectivity index is 1.51. The maximum Gasteiger partial charge on any atom is 0.251 e. The Kier molecular flexibility index (Phi) is 3.64. The molecule has 2 heterocycles. The Hall–Kier alpha value is -2.21. The number of carbonyl (C=O) groups excluding carboxylic acids is 1. The summed E-state index contributed by atoms with van der Waals surface area (Å²) in [6, 6.07) is 7.60. The van der Waals surface area contributed by atoms with Crippen LogP contribution in [-0.2, 0) is 4.74 Å². The molecule has 24 heavy (non-hydrogen) atoms. The normalized spacial score (nSPS) is 27.8. The maximum absolute atomic E-state index is 12.7. The Morgan fingerprint density at radius 1 is 1.42 bits per heavy atom. The van der Waals surface area contributed by atoms with Crippen molar-refractivity contribution in [1.29, 1.82) is 0 Å². The fraction of sp³-hybridized carbons (Fsp3) is 0.500. The van der Waals surface area contributed by atoms with Crippen molar-refractivity contribution in [3.8, 4) is 5.69 Å². The Labute approximate surface area is 141 Å². The van der Waals surface area contributed by atoms with Crippen LogP contribution in [0.4, 0.5) is 0 Å². The number of hydrogen-bond donors (Lipinski definition) is 1. The monoisotopic (exact) mass is 326 g/mol. The molecule has 1 saturated carbocycles. The summed E-state index contributed by atoms with van der Waals surface area (Å²) in [5.41, 5.74) is 1.44. The van der Waals surface area contributed by atoms with Crippen LogP contribution in [0.5, 0.6) is 0 Å². The van der Waals surface area contributed by atoms with Crippen LogP contribution in [-0.4, -0.2) is 39.4 Å². The molecule has 6 nitrogen and oxygen atoms in total. The molecule has 1 N–H and O–H groups in total. The number of aromatic nitrogens is 3. The number of fused-ring (bicyclic) bond motifs is 1. The van der Waals surface area contributed by atoms with Crippen molar-refractivity contribution in [2.75, 3.05) is 6.61 Å². The van der Waals surface area contributed by atoms with Crippen LogP contribution in [0.1, 0.15) is 37.0 Å². The minimum Gasteiger partial charge on any atom is -0.377 e. The predicted octanol–water partition coefficient (Wildman–Crippen LogP) is 2.20. The average molecular weight is 326 g/mol. The molecule has 2 aliphatic rings. The molecule has 1 aliphatic carbocycles. The van der Waals surface area contributed by atoms with E-state index in [-0.39, 0.29) is 23.5 Å². The smallest absolute Gasteiger partial charge is 0.251 e. The van der Waals surface area contributed by atoms with Crippen LogP contribution in [0.2, 0.25) is 0 Å². The van der Waals surface area contributed by atoms with Crippen molar-refractivity contribution in [1.82, 2.24) is 20.1 Å². The van der Waals surface area contributed by atoms with E-state index in [2.05, 4.69) is 29.2 Å². The lowest BCUT2D eigenvalue weighted by molar-refractivity contribution is -0.189. The van der Waals surface area contributed by atoms with Crippen molar-refractivity contribution < 1.29 is 9.53 Å². The lowest BCUT2D eigenvalue weighted by atomic mass is 9.55. The maximum atomic E-state index is 12.7. The van der Waals surface area contributed by atoms with Crippen LogP contribution in [0.15, 0.2) is 36.9 Å². The molecule has 1 aromatic carbocycles. The molecule has 0 spiro atoms. The first kappa shape index (κ1) is 15.3. The van der Waals surface area contributed by atoms with Crippen molar-refractivity contribution in [3.63, 3.8) is 0 Å². The zero-order valence-electron chi connectivity index (χ0n) is 14.0. The molecule has 1 aromatic heterocycles. The summed E-state index contributed by atoms with van der Waals surface area (Å²) >= 11 is 0. The average Bonchev–Trinajstić information content (AvgIpc) is 3.14. The van der Waals surface area contributed by atoms with Crippen LogP contribution in [0.3, 0.4) is 0 Å². The molecule has 126 valence electrons. The van der Waals surface area contributed by atoms with Crippen LogP contribution in [0, 0.1) is 11.3 Å². The number of nitrogens with zero attached hydrogens (tertiary/aromatic N) is 3. The highest BCUT2D eigenvalue weighted by Crippen LogP contribution is 2.51. The first-order valence-corrected chi connectivity index (χ1v) is 8.45. The van der Waals surface area contributed by atoms with E-state index in [9.17, 15) is 4.79 Å². The Morgan fingerprint density at radius 3 is 3.08 bits per heavy atom. The SMILES string of the molecule is CC1(C)C(NC(=O)c2cccc(-n3cncn3)c2)C2CCCOC21. The van der Waals surface area contributed by atoms with Crippen LogP contribution < -0.4 is 5.32 Å². The quantitative estimate of drug-likeness (QED) is 0.939. The van der Waals surface area contributed by atoms with Crippen LogP contribution >= 0.6 is 0 Å². The summed E-state index contributed by atoms with van der Waals surface area (Å²) in [4.78, 5) is 16.7. The second kappa shape index (κ2) is 5.70. The molecule has 0 bridgehead atoms. The van der Waals surface area contributed by atoms with Gasteiger partial charge in [-0.15, -0.1) is 0 Å². The summed E-state index contributed by atoms with van der Waals surface area (Å²) in [6.45, 7) is 5.19. The standard InChI is InChI=1S/C18H22N4O2/c1-18(2)15(14-7-4-8-24-16(14)18)21-17(23)12-5-3-6-13(9-12)22-11-19-10-20-22/h3,5-6,9-11,14-16H,4,7-8H2,1-2H3,(H,21,23). The molecule has 2 fully saturated rings. The van der Waals surface area contributed by atoms with Gasteiger partial charge in [0.15, 0.2) is 0 Å². The summed E-state index contributed by atoms with van der Waals surface area (Å²) in [5.74, 6) is 0.385. The highest BCUT2D eigenvalue weighted by Gasteiger charge is 2.58. The lowest BCUT2D eigenvalue weighted by Crippen LogP contribution is -2.70. The number of carbonyl (C=O) groups is 1. The van der Waals surface area contributed by atoms with Gasteiger partial charge in [-0.1, -0.05) is 19.9 Å². The third-order valence-electron chi connectivity index (χ3n) is 5.41. The molecule has 6 heteroatoms. The predicted molar refractivity (Wildman–Crippen MR) is 88.9 cm³/mol. The molecular formula is C18H22N4O2. The summed E-state index contributed by atoms with van der Waals surface area (Å²) in [6.07, 6.45) is 5.56. The van der Waals surface area contributed by atoms with Gasteiger partial charge >= 0.3 is 0 Å². The van der Waals surface area contributed by atoms with Crippen molar-refractivity contribution in [2.45, 2.75) is 38.8 Å². The molecule has 3 atom stereocenters. The van der Waals surface area contributed by atoms with Gasteiger partial charge in [-0.2, -0.15) is 5.10 Å². The molecule has 1 aliphatic heterocycles. The van der Waals surface area contributed by atoms with Crippen molar-refractivity contribution in [3.05, 3.63) is 42.5 Å². The first-order valence-electron chi connectivity index (χ1n) is 8.45. The highest BCUT2D eigenvalue weighted by molar-refractivity contribution is 5.95. The third-order valence-corrected chi connectivity index (χ3v) is 5.41. The first-order chi connectivity index (χ1) is 11.6. The zero-order chi connectivity index (χ0) is 16.7. The van der Waals surface area contributed by atoms with E-state index in [1.807, 2.05) is 24.3 Å². The van der Waals surface area contributed by atoms with E-state index in [4.69, 9.17) is 4.74 Å². The van der Waals surface area contributed by atoms with Gasteiger partial charge in [-0.3, -0.25) is 4.79 Å². The van der Waals surface area contributed by atoms with E-state index < -0.39 is 0 Å². The number of hydrogen-bond acceptors (Lipinski definition) is 4. The van der Waals surface area contributed by atoms with E-state index in [1.165, 1.54) is 6.33 Å². The van der Waals surface area contributed by atoms with Crippen LogP contribution in [0.25, 0.3) is 5.69 Å². The van der Waals surface area contributed by atoms with Gasteiger partial charge in [0, 0.05) is 29.5 Å². The Bertz CT molecular complexity index is 741. The number of benzene rings is 1. The molecule has 1 saturated heterocycles. The molecule has 3 unspecified atom stereocenters. The second-order valence-corrected chi connectivity index (χ2v) is 7.26. The number of nitrogens with one attached hydrogen (secondary N) is 1.